The lowest BCUT2D eigenvalue weighted by Gasteiger charge is -2.46. The average Bonchev–Trinajstić information content (AvgIpc) is 2.90. The molecule has 38 heavy (non-hydrogen) atoms. The number of carbonyl (C=O) groups excluding carboxylic acids is 4. The van der Waals surface area contributed by atoms with Crippen LogP contribution in [0.25, 0.3) is 0 Å². The van der Waals surface area contributed by atoms with Crippen LogP contribution in [-0.4, -0.2) is 67.6 Å². The molecule has 0 saturated carbocycles. The van der Waals surface area contributed by atoms with Gasteiger partial charge in [-0.25, -0.2) is 4.79 Å². The van der Waals surface area contributed by atoms with Gasteiger partial charge in [0.05, 0.1) is 0 Å². The lowest BCUT2D eigenvalue weighted by atomic mass is 9.84. The van der Waals surface area contributed by atoms with Gasteiger partial charge in [0.1, 0.15) is 19.3 Å². The van der Waals surface area contributed by atoms with Crippen LogP contribution in [0.3, 0.4) is 0 Å². The number of rotatable bonds is 5. The Morgan fingerprint density at radius 2 is 1.42 bits per heavy atom. The van der Waals surface area contributed by atoms with E-state index < -0.39 is 23.4 Å². The number of ether oxygens (including phenoxy) is 1. The van der Waals surface area contributed by atoms with E-state index in [1.807, 2.05) is 18.2 Å². The molecular weight excluding hydrogens is 598 g/mol. The van der Waals surface area contributed by atoms with Crippen molar-refractivity contribution in [2.75, 3.05) is 26.2 Å². The first-order valence-corrected chi connectivity index (χ1v) is 13.0. The van der Waals surface area contributed by atoms with Crippen LogP contribution >= 0.6 is 22.6 Å². The highest BCUT2D eigenvalue weighted by Gasteiger charge is 2.56. The minimum Gasteiger partial charge on any atom is -0.457 e. The van der Waals surface area contributed by atoms with Gasteiger partial charge in [0.25, 0.3) is 17.7 Å². The maximum Gasteiger partial charge on any atom is 0.328 e. The Bertz CT molecular complexity index is 1390. The van der Waals surface area contributed by atoms with E-state index in [-0.39, 0.29) is 19.0 Å². The standard InChI is InChI=1S/C27H22BIN4O5/c28-19-6-10-22(11-7-19)38-21-8-4-18(5-9-21)27(24(35)30-26(37)31-25(27)36)33-14-12-32(13-15-33)23(34)17-2-1-3-20(29)16-17/h1-11,16H,12-15H2,(H2,30,31,35,36,37). The second-order valence-corrected chi connectivity index (χ2v) is 10.2. The monoisotopic (exact) mass is 620 g/mol. The molecule has 2 saturated heterocycles. The number of nitrogens with zero attached hydrogens (tertiary/aromatic N) is 2. The number of carbonyl (C=O) groups is 4. The van der Waals surface area contributed by atoms with Crippen molar-refractivity contribution in [2.24, 2.45) is 0 Å². The normalized spacial score (nSPS) is 17.5. The van der Waals surface area contributed by atoms with Crippen LogP contribution < -0.4 is 20.8 Å². The van der Waals surface area contributed by atoms with E-state index in [9.17, 15) is 19.2 Å². The van der Waals surface area contributed by atoms with Crippen molar-refractivity contribution in [1.82, 2.24) is 20.4 Å². The van der Waals surface area contributed by atoms with Crippen LogP contribution in [0.4, 0.5) is 4.79 Å². The van der Waals surface area contributed by atoms with E-state index in [2.05, 4.69) is 33.2 Å². The number of nitrogens with one attached hydrogen (secondary N) is 2. The lowest BCUT2D eigenvalue weighted by molar-refractivity contribution is -0.149. The number of urea groups is 1. The van der Waals surface area contributed by atoms with Crippen molar-refractivity contribution >= 4 is 59.7 Å². The number of imide groups is 2. The Balaban J connectivity index is 1.40. The minimum atomic E-state index is -1.79. The van der Waals surface area contributed by atoms with Crippen LogP contribution in [-0.2, 0) is 15.1 Å². The van der Waals surface area contributed by atoms with Crippen molar-refractivity contribution in [1.29, 1.82) is 0 Å². The highest BCUT2D eigenvalue weighted by molar-refractivity contribution is 14.1. The highest BCUT2D eigenvalue weighted by atomic mass is 127. The zero-order chi connectivity index (χ0) is 26.9. The SMILES string of the molecule is [B]c1ccc(Oc2ccc(C3(N4CCN(C(=O)c5cccc(I)c5)CC4)C(=O)NC(=O)NC3=O)cc2)cc1. The summed E-state index contributed by atoms with van der Waals surface area (Å²) in [5.74, 6) is -0.524. The minimum absolute atomic E-state index is 0.117. The van der Waals surface area contributed by atoms with Crippen LogP contribution in [0.15, 0.2) is 72.8 Å². The first kappa shape index (κ1) is 25.9. The van der Waals surface area contributed by atoms with Gasteiger partial charge in [0.2, 0.25) is 5.54 Å². The Hall–Kier alpha value is -3.71. The van der Waals surface area contributed by atoms with Crippen LogP contribution in [0.2, 0.25) is 0 Å². The number of hydrogen-bond donors (Lipinski definition) is 2. The summed E-state index contributed by atoms with van der Waals surface area (Å²) in [5, 5.41) is 4.49. The second-order valence-electron chi connectivity index (χ2n) is 8.93. The summed E-state index contributed by atoms with van der Waals surface area (Å²) >= 11 is 2.16. The molecule has 2 fully saturated rings. The number of halogens is 1. The van der Waals surface area contributed by atoms with E-state index in [1.165, 1.54) is 0 Å². The molecular formula is C27H22BIN4O5. The van der Waals surface area contributed by atoms with Gasteiger partial charge < -0.3 is 9.64 Å². The molecule has 2 aliphatic rings. The molecule has 11 heteroatoms. The van der Waals surface area contributed by atoms with Gasteiger partial charge in [-0.15, -0.1) is 0 Å². The third kappa shape index (κ3) is 4.91. The van der Waals surface area contributed by atoms with E-state index in [0.29, 0.717) is 41.2 Å². The predicted octanol–water partition coefficient (Wildman–Crippen LogP) is 1.90. The van der Waals surface area contributed by atoms with Gasteiger partial charge in [-0.1, -0.05) is 35.8 Å². The maximum atomic E-state index is 13.4. The fourth-order valence-electron chi connectivity index (χ4n) is 4.74. The summed E-state index contributed by atoms with van der Waals surface area (Å²) < 4.78 is 6.80. The van der Waals surface area contributed by atoms with Gasteiger partial charge in [0.15, 0.2) is 0 Å². The molecule has 2 radical (unpaired) electrons. The largest absolute Gasteiger partial charge is 0.457 e. The van der Waals surface area contributed by atoms with Gasteiger partial charge in [-0.05, 0) is 70.6 Å². The Morgan fingerprint density at radius 3 is 2.00 bits per heavy atom. The maximum absolute atomic E-state index is 13.4. The third-order valence-corrected chi connectivity index (χ3v) is 7.28. The molecule has 3 aromatic carbocycles. The molecule has 0 spiro atoms. The molecule has 0 bridgehead atoms. The summed E-state index contributed by atoms with van der Waals surface area (Å²) in [5.41, 5.74) is -0.221. The molecule has 3 aromatic rings. The zero-order valence-electron chi connectivity index (χ0n) is 20.1. The molecule has 2 N–H and O–H groups in total. The first-order valence-electron chi connectivity index (χ1n) is 11.9. The molecule has 0 aromatic heterocycles. The van der Waals surface area contributed by atoms with Crippen molar-refractivity contribution in [3.63, 3.8) is 0 Å². The van der Waals surface area contributed by atoms with E-state index in [0.717, 1.165) is 3.57 Å². The molecule has 5 amide bonds. The Labute approximate surface area is 234 Å². The lowest BCUT2D eigenvalue weighted by Crippen LogP contribution is -2.73. The first-order chi connectivity index (χ1) is 18.3. The fraction of sp³-hybridized carbons (Fsp3) is 0.185. The summed E-state index contributed by atoms with van der Waals surface area (Å²) in [6.45, 7) is 1.10. The Kier molecular flexibility index (Phi) is 7.22. The summed E-state index contributed by atoms with van der Waals surface area (Å²) in [7, 11) is 5.72. The second kappa shape index (κ2) is 10.6. The third-order valence-electron chi connectivity index (χ3n) is 6.61. The molecule has 0 aliphatic carbocycles. The molecule has 5 rings (SSSR count). The number of piperazine rings is 1. The molecule has 0 atom stereocenters. The van der Waals surface area contributed by atoms with Crippen LogP contribution in [0, 0.1) is 3.57 Å². The van der Waals surface area contributed by atoms with Crippen molar-refractivity contribution < 1.29 is 23.9 Å². The number of benzene rings is 3. The van der Waals surface area contributed by atoms with Crippen molar-refractivity contribution in [3.8, 4) is 11.5 Å². The fourth-order valence-corrected chi connectivity index (χ4v) is 5.28. The summed E-state index contributed by atoms with van der Waals surface area (Å²) in [6.07, 6.45) is 0. The summed E-state index contributed by atoms with van der Waals surface area (Å²) in [6, 6.07) is 19.9. The zero-order valence-corrected chi connectivity index (χ0v) is 22.3. The predicted molar refractivity (Wildman–Crippen MR) is 148 cm³/mol. The van der Waals surface area contributed by atoms with E-state index in [4.69, 9.17) is 12.6 Å². The smallest absolute Gasteiger partial charge is 0.328 e. The topological polar surface area (TPSA) is 108 Å². The van der Waals surface area contributed by atoms with Gasteiger partial charge in [-0.3, -0.25) is 29.9 Å². The van der Waals surface area contributed by atoms with Gasteiger partial charge >= 0.3 is 6.03 Å². The number of hydrogen-bond acceptors (Lipinski definition) is 6. The molecule has 9 nitrogen and oxygen atoms in total. The molecule has 2 heterocycles. The molecule has 2 aliphatic heterocycles. The van der Waals surface area contributed by atoms with Crippen molar-refractivity contribution in [2.45, 2.75) is 5.54 Å². The highest BCUT2D eigenvalue weighted by Crippen LogP contribution is 2.34. The average molecular weight is 620 g/mol. The van der Waals surface area contributed by atoms with Crippen molar-refractivity contribution in [3.05, 3.63) is 87.5 Å². The molecule has 190 valence electrons. The number of amides is 5. The van der Waals surface area contributed by atoms with Crippen LogP contribution in [0.1, 0.15) is 15.9 Å². The van der Waals surface area contributed by atoms with E-state index >= 15 is 0 Å². The van der Waals surface area contributed by atoms with E-state index in [1.54, 1.807) is 64.4 Å². The quantitative estimate of drug-likeness (QED) is 0.257. The van der Waals surface area contributed by atoms with Crippen LogP contribution in [0.5, 0.6) is 11.5 Å². The molecule has 0 unspecified atom stereocenters. The number of barbiturate groups is 1. The van der Waals surface area contributed by atoms with Gasteiger partial charge in [0, 0.05) is 35.3 Å². The summed E-state index contributed by atoms with van der Waals surface area (Å²) in [4.78, 5) is 55.1. The Morgan fingerprint density at radius 1 is 0.842 bits per heavy atom. The van der Waals surface area contributed by atoms with Gasteiger partial charge in [-0.2, -0.15) is 0 Å².